The third-order valence-electron chi connectivity index (χ3n) is 5.41. The second kappa shape index (κ2) is 10.6. The number of amides is 1. The minimum absolute atomic E-state index is 0.131. The van der Waals surface area contributed by atoms with Crippen molar-refractivity contribution in [1.82, 2.24) is 19.5 Å². The average Bonchev–Trinajstić information content (AvgIpc) is 3.42. The second-order valence-corrected chi connectivity index (χ2v) is 7.88. The van der Waals surface area contributed by atoms with Crippen LogP contribution in [0.15, 0.2) is 43.0 Å². The molecule has 1 aliphatic rings. The van der Waals surface area contributed by atoms with Crippen molar-refractivity contribution in [2.45, 2.75) is 44.1 Å². The molecular formula is C22H22F3N5O6. The molecule has 2 N–H and O–H groups in total. The van der Waals surface area contributed by atoms with E-state index < -0.39 is 55.8 Å². The van der Waals surface area contributed by atoms with Gasteiger partial charge in [-0.25, -0.2) is 19.7 Å². The van der Waals surface area contributed by atoms with Crippen LogP contribution in [0.1, 0.15) is 29.9 Å². The highest BCUT2D eigenvalue weighted by molar-refractivity contribution is 6.06. The summed E-state index contributed by atoms with van der Waals surface area (Å²) in [7, 11) is 0. The van der Waals surface area contributed by atoms with Crippen LogP contribution in [0.4, 0.5) is 19.0 Å². The van der Waals surface area contributed by atoms with Crippen LogP contribution in [0.2, 0.25) is 0 Å². The van der Waals surface area contributed by atoms with Gasteiger partial charge >= 0.3 is 12.1 Å². The van der Waals surface area contributed by atoms with E-state index in [4.69, 9.17) is 9.47 Å². The van der Waals surface area contributed by atoms with Gasteiger partial charge in [0.1, 0.15) is 25.1 Å². The van der Waals surface area contributed by atoms with E-state index in [0.29, 0.717) is 12.0 Å². The Bertz CT molecular complexity index is 1220. The van der Waals surface area contributed by atoms with Crippen LogP contribution in [0, 0.1) is 0 Å². The number of alkyl halides is 3. The zero-order chi connectivity index (χ0) is 25.9. The summed E-state index contributed by atoms with van der Waals surface area (Å²) in [4.78, 5) is 36.8. The molecule has 2 aromatic heterocycles. The Balaban J connectivity index is 1.55. The third kappa shape index (κ3) is 5.61. The first-order valence-corrected chi connectivity index (χ1v) is 10.9. The van der Waals surface area contributed by atoms with Crippen LogP contribution in [0.25, 0.3) is 11.2 Å². The lowest BCUT2D eigenvalue weighted by Gasteiger charge is -2.21. The van der Waals surface area contributed by atoms with Crippen LogP contribution >= 0.6 is 0 Å². The summed E-state index contributed by atoms with van der Waals surface area (Å²) < 4.78 is 53.8. The van der Waals surface area contributed by atoms with E-state index in [1.807, 2.05) is 0 Å². The van der Waals surface area contributed by atoms with Crippen molar-refractivity contribution >= 4 is 28.9 Å². The largest absolute Gasteiger partial charge is 0.454 e. The fourth-order valence-electron chi connectivity index (χ4n) is 3.73. The molecule has 1 aromatic carbocycles. The monoisotopic (exact) mass is 509 g/mol. The molecule has 1 fully saturated rings. The molecule has 0 spiro atoms. The number of anilines is 1. The van der Waals surface area contributed by atoms with E-state index in [1.54, 1.807) is 37.3 Å². The molecule has 1 amide bonds. The normalized spacial score (nSPS) is 22.0. The lowest BCUT2D eigenvalue weighted by atomic mass is 10.1. The van der Waals surface area contributed by atoms with Gasteiger partial charge in [-0.05, 0) is 18.6 Å². The first kappa shape index (κ1) is 25.5. The molecule has 11 nitrogen and oxygen atoms in total. The molecule has 0 aliphatic carbocycles. The van der Waals surface area contributed by atoms with Gasteiger partial charge < -0.3 is 24.6 Å². The summed E-state index contributed by atoms with van der Waals surface area (Å²) in [6, 6.07) is 8.46. The third-order valence-corrected chi connectivity index (χ3v) is 5.41. The van der Waals surface area contributed by atoms with Crippen molar-refractivity contribution in [3.8, 4) is 0 Å². The first-order valence-electron chi connectivity index (χ1n) is 10.9. The number of imidazole rings is 1. The van der Waals surface area contributed by atoms with E-state index in [0.717, 1.165) is 0 Å². The average molecular weight is 509 g/mol. The number of hydrogen-bond acceptors (Lipinski definition) is 9. The summed E-state index contributed by atoms with van der Waals surface area (Å²) in [6.45, 7) is -0.828. The van der Waals surface area contributed by atoms with E-state index in [2.05, 4.69) is 25.0 Å². The van der Waals surface area contributed by atoms with Gasteiger partial charge in [0.15, 0.2) is 29.8 Å². The number of aromatic nitrogens is 4. The van der Waals surface area contributed by atoms with Crippen molar-refractivity contribution in [2.24, 2.45) is 0 Å². The van der Waals surface area contributed by atoms with Gasteiger partial charge in [0.05, 0.1) is 12.4 Å². The summed E-state index contributed by atoms with van der Waals surface area (Å²) in [5.74, 6) is -1.53. The summed E-state index contributed by atoms with van der Waals surface area (Å²) in [6.07, 6.45) is -5.82. The van der Waals surface area contributed by atoms with Crippen molar-refractivity contribution in [1.29, 1.82) is 0 Å². The maximum Gasteiger partial charge on any atom is 0.422 e. The molecule has 4 atom stereocenters. The van der Waals surface area contributed by atoms with Crippen LogP contribution < -0.4 is 5.32 Å². The number of esters is 1. The Morgan fingerprint density at radius 1 is 1.19 bits per heavy atom. The SMILES string of the molecule is CC[C@H]1O[C@@H](n2cnc3c(NC(=O)c4ccccc4)ncnc32)[C@@H](OCC(=O)OCC(F)(F)F)C1O. The molecule has 4 rings (SSSR count). The van der Waals surface area contributed by atoms with Gasteiger partial charge in [-0.1, -0.05) is 25.1 Å². The summed E-state index contributed by atoms with van der Waals surface area (Å²) in [5, 5.41) is 13.3. The highest BCUT2D eigenvalue weighted by atomic mass is 19.4. The predicted octanol–water partition coefficient (Wildman–Crippen LogP) is 2.24. The zero-order valence-corrected chi connectivity index (χ0v) is 18.9. The first-order chi connectivity index (χ1) is 17.2. The van der Waals surface area contributed by atoms with Gasteiger partial charge in [-0.15, -0.1) is 0 Å². The van der Waals surface area contributed by atoms with Gasteiger partial charge in [-0.3, -0.25) is 9.36 Å². The number of benzene rings is 1. The number of ether oxygens (including phenoxy) is 3. The number of carbonyl (C=O) groups is 2. The molecule has 14 heteroatoms. The van der Waals surface area contributed by atoms with Crippen LogP contribution in [-0.4, -0.2) is 74.2 Å². The van der Waals surface area contributed by atoms with Crippen molar-refractivity contribution in [3.05, 3.63) is 48.5 Å². The number of aliphatic hydroxyl groups excluding tert-OH is 1. The number of carbonyl (C=O) groups excluding carboxylic acids is 2. The molecule has 3 aromatic rings. The molecule has 1 unspecified atom stereocenters. The van der Waals surface area contributed by atoms with Crippen molar-refractivity contribution in [3.63, 3.8) is 0 Å². The standard InChI is InChI=1S/C22H22F3N5O6/c1-2-13-16(32)17(34-8-14(31)35-9-22(23,24)25)21(36-13)30-11-28-15-18(26-10-27-19(15)30)29-20(33)12-6-4-3-5-7-12/h3-7,10-11,13,16-17,21,32H,2,8-9H2,1H3,(H,26,27,29,33)/t13-,16?,17+,21-/m1/s1. The maximum atomic E-state index is 12.6. The fourth-order valence-corrected chi connectivity index (χ4v) is 3.73. The maximum absolute atomic E-state index is 12.6. The van der Waals surface area contributed by atoms with Crippen LogP contribution in [0.3, 0.4) is 0 Å². The van der Waals surface area contributed by atoms with E-state index in [-0.39, 0.29) is 17.0 Å². The van der Waals surface area contributed by atoms with Crippen molar-refractivity contribution in [2.75, 3.05) is 18.5 Å². The number of nitrogens with zero attached hydrogens (tertiary/aromatic N) is 4. The molecular weight excluding hydrogens is 487 g/mol. The molecule has 1 saturated heterocycles. The summed E-state index contributed by atoms with van der Waals surface area (Å²) in [5.41, 5.74) is 0.862. The molecule has 192 valence electrons. The molecule has 3 heterocycles. The molecule has 0 radical (unpaired) electrons. The van der Waals surface area contributed by atoms with E-state index >= 15 is 0 Å². The highest BCUT2D eigenvalue weighted by Crippen LogP contribution is 2.35. The molecule has 1 aliphatic heterocycles. The van der Waals surface area contributed by atoms with Crippen LogP contribution in [-0.2, 0) is 19.0 Å². The van der Waals surface area contributed by atoms with Gasteiger partial charge in [-0.2, -0.15) is 13.2 Å². The minimum Gasteiger partial charge on any atom is -0.454 e. The Morgan fingerprint density at radius 3 is 2.64 bits per heavy atom. The number of hydrogen-bond donors (Lipinski definition) is 2. The lowest BCUT2D eigenvalue weighted by Crippen LogP contribution is -2.36. The van der Waals surface area contributed by atoms with Crippen molar-refractivity contribution < 1.29 is 42.1 Å². The minimum atomic E-state index is -4.68. The quantitative estimate of drug-likeness (QED) is 0.438. The van der Waals surface area contributed by atoms with Gasteiger partial charge in [0.25, 0.3) is 5.91 Å². The highest BCUT2D eigenvalue weighted by Gasteiger charge is 2.46. The Morgan fingerprint density at radius 2 is 1.94 bits per heavy atom. The van der Waals surface area contributed by atoms with Gasteiger partial charge in [0.2, 0.25) is 0 Å². The number of fused-ring (bicyclic) bond motifs is 1. The number of halogens is 3. The number of aliphatic hydroxyl groups is 1. The molecule has 36 heavy (non-hydrogen) atoms. The Kier molecular flexibility index (Phi) is 7.47. The second-order valence-electron chi connectivity index (χ2n) is 7.88. The Hall–Kier alpha value is -3.62. The van der Waals surface area contributed by atoms with Gasteiger partial charge in [0, 0.05) is 5.56 Å². The fraction of sp³-hybridized carbons (Fsp3) is 0.409. The number of rotatable bonds is 8. The summed E-state index contributed by atoms with van der Waals surface area (Å²) >= 11 is 0. The topological polar surface area (TPSA) is 138 Å². The number of nitrogens with one attached hydrogen (secondary N) is 1. The Labute approximate surface area is 202 Å². The smallest absolute Gasteiger partial charge is 0.422 e. The van der Waals surface area contributed by atoms with Crippen LogP contribution in [0.5, 0.6) is 0 Å². The van der Waals surface area contributed by atoms with E-state index in [9.17, 15) is 27.9 Å². The molecule has 0 saturated carbocycles. The lowest BCUT2D eigenvalue weighted by molar-refractivity contribution is -0.191. The van der Waals surface area contributed by atoms with E-state index in [1.165, 1.54) is 17.2 Å². The predicted molar refractivity (Wildman–Crippen MR) is 117 cm³/mol. The molecule has 0 bridgehead atoms. The zero-order valence-electron chi connectivity index (χ0n) is 18.9.